The Hall–Kier alpha value is -1.86. The minimum atomic E-state index is 0.404. The van der Waals surface area contributed by atoms with Gasteiger partial charge in [0.05, 0.1) is 26.5 Å². The van der Waals surface area contributed by atoms with E-state index < -0.39 is 0 Å². The molecule has 2 heterocycles. The van der Waals surface area contributed by atoms with Crippen LogP contribution < -0.4 is 9.47 Å². The first kappa shape index (κ1) is 18.5. The number of ether oxygens (including phenoxy) is 2. The zero-order valence-electron chi connectivity index (χ0n) is 16.0. The highest BCUT2D eigenvalue weighted by Gasteiger charge is 2.33. The molecule has 0 radical (unpaired) electrons. The average Bonchev–Trinajstić information content (AvgIpc) is 3.08. The summed E-state index contributed by atoms with van der Waals surface area (Å²) in [4.78, 5) is 2.95. The van der Waals surface area contributed by atoms with Crippen LogP contribution in [0, 0.1) is 10.8 Å². The van der Waals surface area contributed by atoms with Crippen molar-refractivity contribution in [3.05, 3.63) is 23.0 Å². The summed E-state index contributed by atoms with van der Waals surface area (Å²) < 4.78 is 18.4. The van der Waals surface area contributed by atoms with Crippen LogP contribution in [0.4, 0.5) is 0 Å². The van der Waals surface area contributed by atoms with Crippen molar-refractivity contribution in [3.8, 4) is 23.0 Å². The van der Waals surface area contributed by atoms with E-state index >= 15 is 0 Å². The van der Waals surface area contributed by atoms with Crippen LogP contribution in [0.25, 0.3) is 11.5 Å². The van der Waals surface area contributed by atoms with Gasteiger partial charge in [-0.15, -0.1) is 5.10 Å². The van der Waals surface area contributed by atoms with E-state index in [1.165, 1.54) is 38.5 Å². The van der Waals surface area contributed by atoms with Crippen LogP contribution in [0.3, 0.4) is 0 Å². The minimum Gasteiger partial charge on any atom is -0.497 e. The Bertz CT molecular complexity index is 845. The van der Waals surface area contributed by atoms with Gasteiger partial charge in [0.2, 0.25) is 0 Å². The fourth-order valence-corrected chi connectivity index (χ4v) is 4.73. The lowest BCUT2D eigenvalue weighted by Gasteiger charge is -2.43. The summed E-state index contributed by atoms with van der Waals surface area (Å²) in [6.45, 7) is 1.80. The second kappa shape index (κ2) is 8.02. The molecule has 1 aliphatic heterocycles. The maximum atomic E-state index is 5.81. The maximum Gasteiger partial charge on any atom is 0.288 e. The van der Waals surface area contributed by atoms with Crippen molar-refractivity contribution in [1.82, 2.24) is 14.7 Å². The molecule has 1 saturated heterocycles. The molecule has 4 rings (SSSR count). The molecule has 27 heavy (non-hydrogen) atoms. The van der Waals surface area contributed by atoms with Crippen LogP contribution in [0.15, 0.2) is 22.6 Å². The van der Waals surface area contributed by atoms with Crippen molar-refractivity contribution in [2.75, 3.05) is 20.8 Å². The van der Waals surface area contributed by atoms with Gasteiger partial charge in [-0.25, -0.2) is 4.68 Å². The lowest BCUT2D eigenvalue weighted by Crippen LogP contribution is -2.47. The third-order valence-corrected chi connectivity index (χ3v) is 6.21. The van der Waals surface area contributed by atoms with Crippen molar-refractivity contribution in [2.24, 2.45) is 5.92 Å². The second-order valence-electron chi connectivity index (χ2n) is 7.45. The van der Waals surface area contributed by atoms with Crippen molar-refractivity contribution in [2.45, 2.75) is 51.2 Å². The summed E-state index contributed by atoms with van der Waals surface area (Å²) in [6, 6.07) is 6.24. The molecular weight excluding hydrogens is 362 g/mol. The van der Waals surface area contributed by atoms with Crippen LogP contribution >= 0.6 is 12.2 Å². The Morgan fingerprint density at radius 3 is 2.78 bits per heavy atom. The first-order chi connectivity index (χ1) is 13.2. The highest BCUT2D eigenvalue weighted by atomic mass is 32.1. The predicted octanol–water partition coefficient (Wildman–Crippen LogP) is 4.50. The average molecular weight is 390 g/mol. The van der Waals surface area contributed by atoms with Crippen molar-refractivity contribution >= 4 is 12.2 Å². The van der Waals surface area contributed by atoms with E-state index in [9.17, 15) is 0 Å². The van der Waals surface area contributed by atoms with Crippen LogP contribution in [0.1, 0.15) is 38.5 Å². The van der Waals surface area contributed by atoms with Crippen molar-refractivity contribution < 1.29 is 13.9 Å². The number of aromatic nitrogens is 2. The van der Waals surface area contributed by atoms with Gasteiger partial charge in [0.25, 0.3) is 10.7 Å². The normalized spacial score (nSPS) is 23.0. The highest BCUT2D eigenvalue weighted by Crippen LogP contribution is 2.36. The first-order valence-corrected chi connectivity index (χ1v) is 10.1. The third kappa shape index (κ3) is 3.75. The number of fused-ring (bicyclic) bond motifs is 1. The van der Waals surface area contributed by atoms with Crippen molar-refractivity contribution in [1.29, 1.82) is 0 Å². The lowest BCUT2D eigenvalue weighted by molar-refractivity contribution is 0.0318. The molecule has 6 nitrogen and oxygen atoms in total. The Labute approximate surface area is 165 Å². The Morgan fingerprint density at radius 2 is 1.96 bits per heavy atom. The molecule has 0 amide bonds. The number of methoxy groups -OCH3 is 2. The summed E-state index contributed by atoms with van der Waals surface area (Å²) >= 11 is 5.46. The number of nitrogens with zero attached hydrogens (tertiary/aromatic N) is 3. The van der Waals surface area contributed by atoms with E-state index in [1.807, 2.05) is 22.9 Å². The molecule has 2 unspecified atom stereocenters. The fourth-order valence-electron chi connectivity index (χ4n) is 4.56. The molecule has 2 atom stereocenters. The molecule has 1 aromatic carbocycles. The SMILES string of the molecule is COc1ccc(-c2nn(CN3CCCC4CCCCC43)c(=S)o2)c(OC)c1. The van der Waals surface area contributed by atoms with E-state index in [2.05, 4.69) is 10.00 Å². The Balaban J connectivity index is 1.58. The molecule has 1 saturated carbocycles. The molecule has 0 N–H and O–H groups in total. The summed E-state index contributed by atoms with van der Waals surface area (Å²) in [5.74, 6) is 2.69. The molecular formula is C20H27N3O3S. The molecule has 0 bridgehead atoms. The number of rotatable bonds is 5. The van der Waals surface area contributed by atoms with Gasteiger partial charge in [-0.3, -0.25) is 4.90 Å². The number of hydrogen-bond acceptors (Lipinski definition) is 6. The van der Waals surface area contributed by atoms with Gasteiger partial charge < -0.3 is 13.9 Å². The Morgan fingerprint density at radius 1 is 1.15 bits per heavy atom. The smallest absolute Gasteiger partial charge is 0.288 e. The zero-order valence-corrected chi connectivity index (χ0v) is 16.8. The molecule has 0 spiro atoms. The van der Waals surface area contributed by atoms with Crippen LogP contribution in [0.2, 0.25) is 0 Å². The van der Waals surface area contributed by atoms with E-state index in [-0.39, 0.29) is 0 Å². The van der Waals surface area contributed by atoms with E-state index in [0.717, 1.165) is 23.8 Å². The topological polar surface area (TPSA) is 52.7 Å². The van der Waals surface area contributed by atoms with E-state index in [0.29, 0.717) is 29.2 Å². The standard InChI is InChI=1S/C20H27N3O3S/c1-24-15-9-10-16(18(12-15)25-2)19-21-23(20(27)26-19)13-22-11-5-7-14-6-3-4-8-17(14)22/h9-10,12,14,17H,3-8,11,13H2,1-2H3. The van der Waals surface area contributed by atoms with Gasteiger partial charge in [0.1, 0.15) is 11.5 Å². The monoisotopic (exact) mass is 389 g/mol. The van der Waals surface area contributed by atoms with Gasteiger partial charge >= 0.3 is 0 Å². The maximum absolute atomic E-state index is 5.81. The molecule has 146 valence electrons. The van der Waals surface area contributed by atoms with Crippen LogP contribution in [-0.4, -0.2) is 41.5 Å². The summed E-state index contributed by atoms with van der Waals surface area (Å²) in [6.07, 6.45) is 7.97. The quantitative estimate of drug-likeness (QED) is 0.702. The lowest BCUT2D eigenvalue weighted by atomic mass is 9.78. The molecule has 2 aliphatic rings. The fraction of sp³-hybridized carbons (Fsp3) is 0.600. The number of piperidine rings is 1. The Kier molecular flexibility index (Phi) is 5.50. The molecule has 2 aromatic rings. The van der Waals surface area contributed by atoms with E-state index in [1.54, 1.807) is 14.2 Å². The highest BCUT2D eigenvalue weighted by molar-refractivity contribution is 7.71. The van der Waals surface area contributed by atoms with Gasteiger partial charge in [-0.2, -0.15) is 0 Å². The first-order valence-electron chi connectivity index (χ1n) is 9.74. The third-order valence-electron chi connectivity index (χ3n) is 5.92. The van der Waals surface area contributed by atoms with Gasteiger partial charge in [0, 0.05) is 18.7 Å². The second-order valence-corrected chi connectivity index (χ2v) is 7.80. The van der Waals surface area contributed by atoms with Gasteiger partial charge in [-0.1, -0.05) is 12.8 Å². The minimum absolute atomic E-state index is 0.404. The predicted molar refractivity (Wildman–Crippen MR) is 106 cm³/mol. The summed E-state index contributed by atoms with van der Waals surface area (Å²) in [7, 11) is 3.26. The molecule has 1 aliphatic carbocycles. The van der Waals surface area contributed by atoms with Crippen LogP contribution in [-0.2, 0) is 6.67 Å². The van der Waals surface area contributed by atoms with E-state index in [4.69, 9.17) is 26.1 Å². The van der Waals surface area contributed by atoms with Gasteiger partial charge in [0.15, 0.2) is 0 Å². The van der Waals surface area contributed by atoms with Crippen LogP contribution in [0.5, 0.6) is 11.5 Å². The molecule has 1 aromatic heterocycles. The molecule has 7 heteroatoms. The van der Waals surface area contributed by atoms with Crippen molar-refractivity contribution in [3.63, 3.8) is 0 Å². The zero-order chi connectivity index (χ0) is 18.8. The van der Waals surface area contributed by atoms with Gasteiger partial charge in [-0.05, 0) is 56.0 Å². The summed E-state index contributed by atoms with van der Waals surface area (Å²) in [5.41, 5.74) is 0.775. The number of hydrogen-bond donors (Lipinski definition) is 0. The largest absolute Gasteiger partial charge is 0.497 e. The summed E-state index contributed by atoms with van der Waals surface area (Å²) in [5, 5.41) is 4.66. The number of likely N-dealkylation sites (tertiary alicyclic amines) is 1. The number of benzene rings is 1. The molecule has 2 fully saturated rings.